The topological polar surface area (TPSA) is 17.8 Å². The minimum atomic E-state index is -0.0667. The van der Waals surface area contributed by atoms with Crippen molar-refractivity contribution in [2.45, 2.75) is 19.3 Å². The third-order valence-electron chi connectivity index (χ3n) is 5.81. The molecule has 6 rings (SSSR count). The average molecular weight is 366 g/mol. The van der Waals surface area contributed by atoms with Gasteiger partial charge >= 0.3 is 0 Å². The Bertz CT molecular complexity index is 1320. The molecule has 2 nitrogen and oxygen atoms in total. The summed E-state index contributed by atoms with van der Waals surface area (Å²) in [4.78, 5) is 4.99. The molecule has 5 aromatic rings. The van der Waals surface area contributed by atoms with Gasteiger partial charge in [-0.3, -0.25) is 4.57 Å². The van der Waals surface area contributed by atoms with E-state index in [4.69, 9.17) is 4.98 Å². The number of para-hydroxylation sites is 2. The third-order valence-corrected chi connectivity index (χ3v) is 6.83. The molecule has 0 bridgehead atoms. The Hall–Kier alpha value is -2.91. The zero-order valence-corrected chi connectivity index (χ0v) is 16.0. The van der Waals surface area contributed by atoms with Gasteiger partial charge in [-0.15, -0.1) is 0 Å². The standard InChI is InChI=1S/C24H18N2S/c1-24(2)17-11-5-3-9-15(17)21-16-10-4-7-13-19(16)26(22(21)24)23-25-18-12-6-8-14-20(18)27-23/h3-14H,1-2H3. The zero-order chi connectivity index (χ0) is 18.2. The van der Waals surface area contributed by atoms with Crippen molar-refractivity contribution in [2.75, 3.05) is 0 Å². The van der Waals surface area contributed by atoms with Gasteiger partial charge in [0.05, 0.1) is 15.7 Å². The van der Waals surface area contributed by atoms with Crippen molar-refractivity contribution in [3.8, 4) is 16.3 Å². The molecule has 0 spiro atoms. The van der Waals surface area contributed by atoms with E-state index < -0.39 is 0 Å². The highest BCUT2D eigenvalue weighted by atomic mass is 32.1. The fourth-order valence-corrected chi connectivity index (χ4v) is 5.62. The molecule has 3 heteroatoms. The molecule has 0 saturated carbocycles. The molecule has 1 aliphatic carbocycles. The van der Waals surface area contributed by atoms with Gasteiger partial charge in [0, 0.05) is 22.1 Å². The Labute approximate surface area is 161 Å². The van der Waals surface area contributed by atoms with Crippen molar-refractivity contribution in [1.29, 1.82) is 0 Å². The van der Waals surface area contributed by atoms with E-state index in [1.54, 1.807) is 11.3 Å². The number of nitrogens with zero attached hydrogens (tertiary/aromatic N) is 2. The van der Waals surface area contributed by atoms with Gasteiger partial charge in [0.15, 0.2) is 5.13 Å². The second-order valence-electron chi connectivity index (χ2n) is 7.71. The molecule has 130 valence electrons. The summed E-state index contributed by atoms with van der Waals surface area (Å²) in [6.07, 6.45) is 0. The minimum Gasteiger partial charge on any atom is -0.288 e. The van der Waals surface area contributed by atoms with Crippen LogP contribution in [0.3, 0.4) is 0 Å². The van der Waals surface area contributed by atoms with E-state index in [2.05, 4.69) is 91.2 Å². The lowest BCUT2D eigenvalue weighted by Crippen LogP contribution is -2.19. The smallest absolute Gasteiger partial charge is 0.195 e. The number of benzene rings is 3. The molecule has 0 amide bonds. The number of fused-ring (bicyclic) bond motifs is 6. The van der Waals surface area contributed by atoms with Crippen LogP contribution in [0.1, 0.15) is 25.1 Å². The molecular formula is C24H18N2S. The summed E-state index contributed by atoms with van der Waals surface area (Å²) in [5.41, 5.74) is 7.71. The van der Waals surface area contributed by atoms with E-state index in [1.165, 1.54) is 38.0 Å². The van der Waals surface area contributed by atoms with Crippen LogP contribution in [0.4, 0.5) is 0 Å². The van der Waals surface area contributed by atoms with E-state index in [0.29, 0.717) is 0 Å². The summed E-state index contributed by atoms with van der Waals surface area (Å²) in [6.45, 7) is 4.67. The summed E-state index contributed by atoms with van der Waals surface area (Å²) in [6, 6.07) is 26.0. The fourth-order valence-electron chi connectivity index (χ4n) is 4.63. The van der Waals surface area contributed by atoms with Crippen molar-refractivity contribution >= 4 is 32.5 Å². The van der Waals surface area contributed by atoms with Gasteiger partial charge in [0.1, 0.15) is 0 Å². The van der Waals surface area contributed by atoms with Crippen LogP contribution in [0.2, 0.25) is 0 Å². The summed E-state index contributed by atoms with van der Waals surface area (Å²) in [5.74, 6) is 0. The summed E-state index contributed by atoms with van der Waals surface area (Å²) < 4.78 is 3.63. The SMILES string of the molecule is CC1(C)c2ccccc2-c2c1n(-c1nc3ccccc3s1)c1ccccc21. The number of hydrogen-bond donors (Lipinski definition) is 0. The van der Waals surface area contributed by atoms with Gasteiger partial charge in [0.25, 0.3) is 0 Å². The maximum Gasteiger partial charge on any atom is 0.195 e. The van der Waals surface area contributed by atoms with Crippen LogP contribution < -0.4 is 0 Å². The minimum absolute atomic E-state index is 0.0667. The number of thiazole rings is 1. The second kappa shape index (κ2) is 5.08. The largest absolute Gasteiger partial charge is 0.288 e. The number of hydrogen-bond acceptors (Lipinski definition) is 2. The Kier molecular flexibility index (Phi) is 2.86. The third kappa shape index (κ3) is 1.87. The molecular weight excluding hydrogens is 348 g/mol. The number of rotatable bonds is 1. The van der Waals surface area contributed by atoms with Crippen LogP contribution in [0.15, 0.2) is 72.8 Å². The lowest BCUT2D eigenvalue weighted by atomic mass is 9.85. The van der Waals surface area contributed by atoms with Crippen molar-refractivity contribution in [2.24, 2.45) is 0 Å². The van der Waals surface area contributed by atoms with Crippen LogP contribution in [0.25, 0.3) is 37.4 Å². The van der Waals surface area contributed by atoms with E-state index in [9.17, 15) is 0 Å². The molecule has 0 atom stereocenters. The van der Waals surface area contributed by atoms with Gasteiger partial charge in [-0.2, -0.15) is 0 Å². The monoisotopic (exact) mass is 366 g/mol. The van der Waals surface area contributed by atoms with Crippen LogP contribution >= 0.6 is 11.3 Å². The molecule has 0 aliphatic heterocycles. The lowest BCUT2D eigenvalue weighted by molar-refractivity contribution is 0.623. The van der Waals surface area contributed by atoms with Crippen LogP contribution in [-0.4, -0.2) is 9.55 Å². The first-order valence-electron chi connectivity index (χ1n) is 9.26. The van der Waals surface area contributed by atoms with Crippen molar-refractivity contribution in [3.05, 3.63) is 84.1 Å². The highest BCUT2D eigenvalue weighted by molar-refractivity contribution is 7.20. The normalized spacial score (nSPS) is 14.6. The first kappa shape index (κ1) is 15.2. The number of aromatic nitrogens is 2. The molecule has 2 aromatic heterocycles. The lowest BCUT2D eigenvalue weighted by Gasteiger charge is -2.23. The first-order valence-corrected chi connectivity index (χ1v) is 10.1. The molecule has 0 radical (unpaired) electrons. The summed E-state index contributed by atoms with van der Waals surface area (Å²) >= 11 is 1.77. The van der Waals surface area contributed by atoms with Crippen LogP contribution in [0.5, 0.6) is 0 Å². The molecule has 2 heterocycles. The van der Waals surface area contributed by atoms with Gasteiger partial charge in [-0.25, -0.2) is 4.98 Å². The van der Waals surface area contributed by atoms with Crippen LogP contribution in [-0.2, 0) is 5.41 Å². The van der Waals surface area contributed by atoms with Gasteiger partial charge in [-0.1, -0.05) is 79.8 Å². The van der Waals surface area contributed by atoms with Crippen molar-refractivity contribution in [3.63, 3.8) is 0 Å². The highest BCUT2D eigenvalue weighted by Gasteiger charge is 2.41. The second-order valence-corrected chi connectivity index (χ2v) is 8.72. The molecule has 0 unspecified atom stereocenters. The predicted molar refractivity (Wildman–Crippen MR) is 114 cm³/mol. The summed E-state index contributed by atoms with van der Waals surface area (Å²) in [5, 5.41) is 2.36. The predicted octanol–water partition coefficient (Wildman–Crippen LogP) is 6.55. The molecule has 0 N–H and O–H groups in total. The van der Waals surface area contributed by atoms with Gasteiger partial charge in [0.2, 0.25) is 0 Å². The first-order chi connectivity index (χ1) is 13.2. The zero-order valence-electron chi connectivity index (χ0n) is 15.2. The quantitative estimate of drug-likeness (QED) is 0.329. The van der Waals surface area contributed by atoms with Gasteiger partial charge < -0.3 is 0 Å². The Balaban J connectivity index is 1.79. The van der Waals surface area contributed by atoms with Gasteiger partial charge in [-0.05, 0) is 29.3 Å². The highest BCUT2D eigenvalue weighted by Crippen LogP contribution is 2.53. The molecule has 27 heavy (non-hydrogen) atoms. The average Bonchev–Trinajstić information content (AvgIpc) is 3.32. The Morgan fingerprint density at radius 1 is 0.852 bits per heavy atom. The van der Waals surface area contributed by atoms with Crippen LogP contribution in [0, 0.1) is 0 Å². The Morgan fingerprint density at radius 2 is 1.59 bits per heavy atom. The maximum absolute atomic E-state index is 4.99. The Morgan fingerprint density at radius 3 is 2.48 bits per heavy atom. The maximum atomic E-state index is 4.99. The van der Waals surface area contributed by atoms with E-state index in [-0.39, 0.29) is 5.41 Å². The molecule has 0 fully saturated rings. The molecule has 3 aromatic carbocycles. The summed E-state index contributed by atoms with van der Waals surface area (Å²) in [7, 11) is 0. The fraction of sp³-hybridized carbons (Fsp3) is 0.125. The van der Waals surface area contributed by atoms with E-state index in [0.717, 1.165) is 10.6 Å². The van der Waals surface area contributed by atoms with E-state index >= 15 is 0 Å². The van der Waals surface area contributed by atoms with Crippen molar-refractivity contribution in [1.82, 2.24) is 9.55 Å². The van der Waals surface area contributed by atoms with E-state index in [1.807, 2.05) is 0 Å². The molecule has 0 saturated heterocycles. The van der Waals surface area contributed by atoms with Crippen molar-refractivity contribution < 1.29 is 0 Å². The molecule has 1 aliphatic rings.